The van der Waals surface area contributed by atoms with E-state index in [1.807, 2.05) is 36.4 Å². The zero-order valence-corrected chi connectivity index (χ0v) is 16.8. The molecule has 1 amide bonds. The summed E-state index contributed by atoms with van der Waals surface area (Å²) in [6.07, 6.45) is 3.72. The van der Waals surface area contributed by atoms with Gasteiger partial charge in [-0.3, -0.25) is 14.8 Å². The van der Waals surface area contributed by atoms with Crippen LogP contribution in [0.5, 0.6) is 0 Å². The van der Waals surface area contributed by atoms with E-state index in [1.54, 1.807) is 6.20 Å². The van der Waals surface area contributed by atoms with E-state index in [1.165, 1.54) is 5.39 Å². The lowest BCUT2D eigenvalue weighted by Crippen LogP contribution is -2.40. The van der Waals surface area contributed by atoms with E-state index < -0.39 is 0 Å². The lowest BCUT2D eigenvalue weighted by atomic mass is 9.96. The Balaban J connectivity index is 1.27. The first-order valence-electron chi connectivity index (χ1n) is 10.4. The second kappa shape index (κ2) is 8.16. The topological polar surface area (TPSA) is 76.8 Å². The predicted molar refractivity (Wildman–Crippen MR) is 119 cm³/mol. The first-order chi connectivity index (χ1) is 14.7. The van der Waals surface area contributed by atoms with Gasteiger partial charge in [-0.15, -0.1) is 0 Å². The van der Waals surface area contributed by atoms with Gasteiger partial charge in [0, 0.05) is 52.8 Å². The van der Waals surface area contributed by atoms with Crippen LogP contribution in [0.1, 0.15) is 18.5 Å². The maximum absolute atomic E-state index is 12.9. The van der Waals surface area contributed by atoms with Gasteiger partial charge in [0.25, 0.3) is 0 Å². The fourth-order valence-corrected chi connectivity index (χ4v) is 4.26. The predicted octanol–water partition coefficient (Wildman–Crippen LogP) is 4.41. The fraction of sp³-hybridized carbons (Fsp3) is 0.250. The molecule has 1 aliphatic rings. The van der Waals surface area contributed by atoms with Gasteiger partial charge in [-0.1, -0.05) is 30.3 Å². The minimum absolute atomic E-state index is 0.00148. The highest BCUT2D eigenvalue weighted by molar-refractivity contribution is 5.94. The molecule has 4 aromatic rings. The van der Waals surface area contributed by atoms with Crippen LogP contribution in [-0.2, 0) is 11.3 Å². The highest BCUT2D eigenvalue weighted by Gasteiger charge is 2.26. The number of hydrogen-bond donors (Lipinski definition) is 3. The largest absolute Gasteiger partial charge is 0.355 e. The second-order valence-corrected chi connectivity index (χ2v) is 8.00. The van der Waals surface area contributed by atoms with Gasteiger partial charge in [0.1, 0.15) is 0 Å². The van der Waals surface area contributed by atoms with Crippen molar-refractivity contribution in [2.24, 2.45) is 5.92 Å². The van der Waals surface area contributed by atoms with Crippen molar-refractivity contribution in [1.82, 2.24) is 20.1 Å². The minimum atomic E-state index is -0.00148. The number of hydrogen-bond acceptors (Lipinski definition) is 3. The van der Waals surface area contributed by atoms with Crippen molar-refractivity contribution in [2.75, 3.05) is 18.4 Å². The van der Waals surface area contributed by atoms with Crippen LogP contribution in [0.15, 0.2) is 66.9 Å². The Bertz CT molecular complexity index is 1110. The SMILES string of the molecule is O=C(Nc1cccc(-c2cc3ccccc3[nH]2)c1)[C@@H]1CCCN(Cc2ccn[nH]2)C1. The maximum atomic E-state index is 12.9. The standard InChI is InChI=1S/C24H25N5O/c30-24(19-7-4-12-29(15-19)16-21-10-11-25-28-21)26-20-8-3-6-17(13-20)23-14-18-5-1-2-9-22(18)27-23/h1-3,5-6,8-11,13-14,19,27H,4,7,12,15-16H2,(H,25,28)(H,26,30)/t19-/m1/s1. The van der Waals surface area contributed by atoms with Crippen LogP contribution in [-0.4, -0.2) is 39.1 Å². The van der Waals surface area contributed by atoms with Crippen molar-refractivity contribution in [2.45, 2.75) is 19.4 Å². The normalized spacial score (nSPS) is 17.3. The zero-order valence-electron chi connectivity index (χ0n) is 16.8. The van der Waals surface area contributed by atoms with E-state index in [9.17, 15) is 4.79 Å². The lowest BCUT2D eigenvalue weighted by molar-refractivity contribution is -0.121. The van der Waals surface area contributed by atoms with E-state index in [-0.39, 0.29) is 11.8 Å². The third-order valence-corrected chi connectivity index (χ3v) is 5.80. The van der Waals surface area contributed by atoms with Gasteiger partial charge >= 0.3 is 0 Å². The third-order valence-electron chi connectivity index (χ3n) is 5.80. The Morgan fingerprint density at radius 1 is 1.13 bits per heavy atom. The van der Waals surface area contributed by atoms with E-state index in [0.717, 1.165) is 60.6 Å². The van der Waals surface area contributed by atoms with Crippen molar-refractivity contribution >= 4 is 22.5 Å². The Morgan fingerprint density at radius 2 is 2.07 bits per heavy atom. The number of piperidine rings is 1. The summed E-state index contributed by atoms with van der Waals surface area (Å²) in [5.41, 5.74) is 5.15. The highest BCUT2D eigenvalue weighted by atomic mass is 16.1. The lowest BCUT2D eigenvalue weighted by Gasteiger charge is -2.31. The molecule has 6 heteroatoms. The average molecular weight is 399 g/mol. The quantitative estimate of drug-likeness (QED) is 0.465. The van der Waals surface area contributed by atoms with Crippen molar-refractivity contribution < 1.29 is 4.79 Å². The number of carbonyl (C=O) groups excluding carboxylic acids is 1. The summed E-state index contributed by atoms with van der Waals surface area (Å²) >= 11 is 0. The van der Waals surface area contributed by atoms with Crippen molar-refractivity contribution in [3.05, 3.63) is 72.6 Å². The van der Waals surface area contributed by atoms with Crippen molar-refractivity contribution in [1.29, 1.82) is 0 Å². The van der Waals surface area contributed by atoms with Crippen LogP contribution in [0, 0.1) is 5.92 Å². The zero-order chi connectivity index (χ0) is 20.3. The number of fused-ring (bicyclic) bond motifs is 1. The number of anilines is 1. The van der Waals surface area contributed by atoms with E-state index in [2.05, 4.69) is 49.7 Å². The summed E-state index contributed by atoms with van der Waals surface area (Å²) in [6, 6.07) is 20.4. The monoisotopic (exact) mass is 399 g/mol. The number of nitrogens with one attached hydrogen (secondary N) is 3. The minimum Gasteiger partial charge on any atom is -0.355 e. The number of aromatic amines is 2. The molecular weight excluding hydrogens is 374 g/mol. The van der Waals surface area contributed by atoms with Gasteiger partial charge in [0.15, 0.2) is 0 Å². The summed E-state index contributed by atoms with van der Waals surface area (Å²) < 4.78 is 0. The average Bonchev–Trinajstić information content (AvgIpc) is 3.44. The number of amides is 1. The summed E-state index contributed by atoms with van der Waals surface area (Å²) in [5, 5.41) is 11.3. The van der Waals surface area contributed by atoms with Gasteiger partial charge in [0.05, 0.1) is 5.92 Å². The van der Waals surface area contributed by atoms with Crippen LogP contribution < -0.4 is 5.32 Å². The molecule has 0 saturated carbocycles. The van der Waals surface area contributed by atoms with E-state index in [4.69, 9.17) is 0 Å². The number of aromatic nitrogens is 3. The molecule has 152 valence electrons. The maximum Gasteiger partial charge on any atom is 0.228 e. The number of benzene rings is 2. The van der Waals surface area contributed by atoms with E-state index in [0.29, 0.717) is 0 Å². The summed E-state index contributed by atoms with van der Waals surface area (Å²) in [6.45, 7) is 2.59. The van der Waals surface area contributed by atoms with Crippen LogP contribution in [0.3, 0.4) is 0 Å². The molecule has 2 aromatic heterocycles. The molecule has 1 atom stereocenters. The van der Waals surface area contributed by atoms with Crippen molar-refractivity contribution in [3.63, 3.8) is 0 Å². The molecule has 1 aliphatic heterocycles. The molecule has 30 heavy (non-hydrogen) atoms. The number of nitrogens with zero attached hydrogens (tertiary/aromatic N) is 2. The Hall–Kier alpha value is -3.38. The molecule has 3 N–H and O–H groups in total. The third kappa shape index (κ3) is 4.00. The summed E-state index contributed by atoms with van der Waals surface area (Å²) in [5.74, 6) is 0.0940. The highest BCUT2D eigenvalue weighted by Crippen LogP contribution is 2.27. The molecule has 0 bridgehead atoms. The van der Waals surface area contributed by atoms with Gasteiger partial charge in [-0.05, 0) is 49.7 Å². The first-order valence-corrected chi connectivity index (χ1v) is 10.4. The van der Waals surface area contributed by atoms with Crippen LogP contribution in [0.25, 0.3) is 22.2 Å². The molecule has 5 rings (SSSR count). The van der Waals surface area contributed by atoms with Gasteiger partial charge < -0.3 is 10.3 Å². The van der Waals surface area contributed by atoms with Gasteiger partial charge in [0.2, 0.25) is 5.91 Å². The number of likely N-dealkylation sites (tertiary alicyclic amines) is 1. The molecular formula is C24H25N5O. The first kappa shape index (κ1) is 18.6. The Kier molecular flexibility index (Phi) is 5.07. The molecule has 0 unspecified atom stereocenters. The van der Waals surface area contributed by atoms with Crippen molar-refractivity contribution in [3.8, 4) is 11.3 Å². The second-order valence-electron chi connectivity index (χ2n) is 8.00. The number of carbonyl (C=O) groups is 1. The molecule has 1 fully saturated rings. The van der Waals surface area contributed by atoms with Gasteiger partial charge in [-0.25, -0.2) is 0 Å². The molecule has 1 saturated heterocycles. The summed E-state index contributed by atoms with van der Waals surface area (Å²) in [7, 11) is 0. The van der Waals surface area contributed by atoms with Crippen LogP contribution in [0.4, 0.5) is 5.69 Å². The molecule has 3 heterocycles. The molecule has 2 aromatic carbocycles. The van der Waals surface area contributed by atoms with Crippen LogP contribution in [0.2, 0.25) is 0 Å². The smallest absolute Gasteiger partial charge is 0.228 e. The fourth-order valence-electron chi connectivity index (χ4n) is 4.26. The molecule has 0 spiro atoms. The van der Waals surface area contributed by atoms with Gasteiger partial charge in [-0.2, -0.15) is 5.10 Å². The Labute approximate surface area is 175 Å². The number of rotatable bonds is 5. The van der Waals surface area contributed by atoms with Crippen LogP contribution >= 0.6 is 0 Å². The Morgan fingerprint density at radius 3 is 2.93 bits per heavy atom. The molecule has 0 aliphatic carbocycles. The number of para-hydroxylation sites is 1. The molecule has 0 radical (unpaired) electrons. The number of H-pyrrole nitrogens is 2. The summed E-state index contributed by atoms with van der Waals surface area (Å²) in [4.78, 5) is 18.7. The molecule has 6 nitrogen and oxygen atoms in total. The van der Waals surface area contributed by atoms with E-state index >= 15 is 0 Å².